The van der Waals surface area contributed by atoms with Gasteiger partial charge in [-0.1, -0.05) is 42.5 Å². The van der Waals surface area contributed by atoms with Crippen molar-refractivity contribution in [3.63, 3.8) is 0 Å². The van der Waals surface area contributed by atoms with Crippen molar-refractivity contribution in [3.05, 3.63) is 89.3 Å². The molecule has 164 valence electrons. The van der Waals surface area contributed by atoms with Crippen molar-refractivity contribution in [1.29, 1.82) is 0 Å². The Hall–Kier alpha value is -3.79. The van der Waals surface area contributed by atoms with E-state index in [1.54, 1.807) is 30.3 Å². The summed E-state index contributed by atoms with van der Waals surface area (Å²) in [5.41, 5.74) is 0.669. The van der Waals surface area contributed by atoms with E-state index in [0.717, 1.165) is 18.2 Å². The summed E-state index contributed by atoms with van der Waals surface area (Å²) in [4.78, 5) is 12.0. The lowest BCUT2D eigenvalue weighted by Gasteiger charge is -2.13. The molecule has 0 aliphatic heterocycles. The molecular weight excluding hydrogens is 449 g/mol. The lowest BCUT2D eigenvalue weighted by atomic mass is 10.1. The molecule has 3 aromatic carbocycles. The number of para-hydroxylation sites is 1. The molecular formula is C22H13F3O6S. The van der Waals surface area contributed by atoms with Crippen molar-refractivity contribution < 1.29 is 34.9 Å². The molecule has 1 aromatic heterocycles. The Kier molecular flexibility index (Phi) is 5.39. The van der Waals surface area contributed by atoms with Gasteiger partial charge in [-0.15, -0.1) is 13.2 Å². The second-order valence-electron chi connectivity index (χ2n) is 6.53. The van der Waals surface area contributed by atoms with Gasteiger partial charge in [0.05, 0.1) is 10.9 Å². The molecule has 1 heterocycles. The Balaban J connectivity index is 1.69. The molecule has 32 heavy (non-hydrogen) atoms. The summed E-state index contributed by atoms with van der Waals surface area (Å²) >= 11 is 0. The maximum absolute atomic E-state index is 12.8. The molecule has 0 bridgehead atoms. The summed E-state index contributed by atoms with van der Waals surface area (Å²) < 4.78 is 77.2. The van der Waals surface area contributed by atoms with Crippen LogP contribution in [0.25, 0.3) is 22.1 Å². The zero-order valence-corrected chi connectivity index (χ0v) is 16.8. The van der Waals surface area contributed by atoms with Crippen molar-refractivity contribution >= 4 is 21.1 Å². The van der Waals surface area contributed by atoms with Gasteiger partial charge in [0.15, 0.2) is 11.2 Å². The smallest absolute Gasteiger partial charge is 0.463 e. The molecule has 4 aromatic rings. The first-order valence-corrected chi connectivity index (χ1v) is 10.5. The molecule has 0 fully saturated rings. The summed E-state index contributed by atoms with van der Waals surface area (Å²) in [7, 11) is -4.69. The third-order valence-corrected chi connectivity index (χ3v) is 5.67. The first-order valence-electron chi connectivity index (χ1n) is 9.04. The lowest BCUT2D eigenvalue weighted by Crippen LogP contribution is -2.20. The van der Waals surface area contributed by atoms with Gasteiger partial charge in [-0.25, -0.2) is 0 Å². The normalized spacial score (nSPS) is 12.0. The van der Waals surface area contributed by atoms with E-state index in [-0.39, 0.29) is 22.1 Å². The number of fused-ring (bicyclic) bond motifs is 1. The second-order valence-corrected chi connectivity index (χ2v) is 8.05. The Morgan fingerprint density at radius 2 is 1.56 bits per heavy atom. The predicted octanol–water partition coefficient (Wildman–Crippen LogP) is 5.13. The van der Waals surface area contributed by atoms with E-state index in [4.69, 9.17) is 8.60 Å². The van der Waals surface area contributed by atoms with Crippen LogP contribution in [0.3, 0.4) is 0 Å². The van der Waals surface area contributed by atoms with E-state index in [0.29, 0.717) is 11.1 Å². The standard InChI is InChI=1S/C22H13F3O6S/c23-22(24,25)30-18-8-4-5-9-20(18)32(27,28)31-15-10-11-16-19(12-15)29-13-17(21(16)26)14-6-2-1-3-7-14/h1-13H. The average molecular weight is 462 g/mol. The Bertz CT molecular complexity index is 1440. The maximum Gasteiger partial charge on any atom is 0.573 e. The zero-order valence-electron chi connectivity index (χ0n) is 16.0. The summed E-state index contributed by atoms with van der Waals surface area (Å²) in [6.07, 6.45) is -3.85. The number of rotatable bonds is 5. The van der Waals surface area contributed by atoms with Crippen molar-refractivity contribution in [3.8, 4) is 22.6 Å². The summed E-state index contributed by atoms with van der Waals surface area (Å²) in [6, 6.07) is 16.7. The molecule has 0 atom stereocenters. The molecule has 0 saturated carbocycles. The third-order valence-electron chi connectivity index (χ3n) is 4.38. The molecule has 6 nitrogen and oxygen atoms in total. The van der Waals surface area contributed by atoms with Crippen LogP contribution < -0.4 is 14.3 Å². The molecule has 0 aliphatic carbocycles. The van der Waals surface area contributed by atoms with Crippen LogP contribution in [-0.4, -0.2) is 14.8 Å². The van der Waals surface area contributed by atoms with Gasteiger partial charge in [-0.3, -0.25) is 4.79 Å². The van der Waals surface area contributed by atoms with Crippen LogP contribution in [0.15, 0.2) is 93.2 Å². The van der Waals surface area contributed by atoms with Crippen LogP contribution in [-0.2, 0) is 10.1 Å². The maximum atomic E-state index is 12.8. The number of hydrogen-bond donors (Lipinski definition) is 0. The molecule has 4 rings (SSSR count). The summed E-state index contributed by atoms with van der Waals surface area (Å²) in [5.74, 6) is -1.19. The van der Waals surface area contributed by atoms with E-state index in [2.05, 4.69) is 4.74 Å². The molecule has 0 unspecified atom stereocenters. The van der Waals surface area contributed by atoms with Crippen LogP contribution in [0.1, 0.15) is 0 Å². The average Bonchev–Trinajstić information content (AvgIpc) is 2.73. The monoisotopic (exact) mass is 462 g/mol. The van der Waals surface area contributed by atoms with E-state index < -0.39 is 27.1 Å². The highest BCUT2D eigenvalue weighted by Gasteiger charge is 2.34. The van der Waals surface area contributed by atoms with Crippen LogP contribution in [0, 0.1) is 0 Å². The number of ether oxygens (including phenoxy) is 1. The largest absolute Gasteiger partial charge is 0.573 e. The molecule has 0 N–H and O–H groups in total. The molecule has 0 amide bonds. The third kappa shape index (κ3) is 4.45. The molecule has 0 saturated heterocycles. The lowest BCUT2D eigenvalue weighted by molar-refractivity contribution is -0.275. The highest BCUT2D eigenvalue weighted by atomic mass is 32.2. The summed E-state index contributed by atoms with van der Waals surface area (Å²) in [6.45, 7) is 0. The van der Waals surface area contributed by atoms with Gasteiger partial charge in [0.1, 0.15) is 22.5 Å². The number of benzene rings is 3. The van der Waals surface area contributed by atoms with Crippen molar-refractivity contribution in [2.75, 3.05) is 0 Å². The van der Waals surface area contributed by atoms with E-state index in [1.807, 2.05) is 0 Å². The van der Waals surface area contributed by atoms with E-state index in [1.165, 1.54) is 30.5 Å². The Labute approximate surface area is 179 Å². The molecule has 0 aliphatic rings. The minimum atomic E-state index is -5.09. The van der Waals surface area contributed by atoms with Gasteiger partial charge in [0.2, 0.25) is 0 Å². The van der Waals surface area contributed by atoms with E-state index >= 15 is 0 Å². The Morgan fingerprint density at radius 1 is 0.875 bits per heavy atom. The van der Waals surface area contributed by atoms with Crippen molar-refractivity contribution in [1.82, 2.24) is 0 Å². The SMILES string of the molecule is O=c1c(-c2ccccc2)coc2cc(OS(=O)(=O)c3ccccc3OC(F)(F)F)ccc12. The van der Waals surface area contributed by atoms with Gasteiger partial charge in [0, 0.05) is 6.07 Å². The summed E-state index contributed by atoms with van der Waals surface area (Å²) in [5, 5.41) is 0.178. The van der Waals surface area contributed by atoms with Crippen molar-refractivity contribution in [2.24, 2.45) is 0 Å². The fourth-order valence-electron chi connectivity index (χ4n) is 3.01. The zero-order chi connectivity index (χ0) is 22.9. The van der Waals surface area contributed by atoms with Gasteiger partial charge < -0.3 is 13.3 Å². The molecule has 0 radical (unpaired) electrons. The quantitative estimate of drug-likeness (QED) is 0.383. The van der Waals surface area contributed by atoms with Gasteiger partial charge in [-0.05, 0) is 29.8 Å². The topological polar surface area (TPSA) is 82.8 Å². The molecule has 0 spiro atoms. The fourth-order valence-corrected chi connectivity index (χ4v) is 4.06. The van der Waals surface area contributed by atoms with Gasteiger partial charge >= 0.3 is 16.5 Å². The minimum absolute atomic E-state index is 0.0437. The van der Waals surface area contributed by atoms with Gasteiger partial charge in [-0.2, -0.15) is 8.42 Å². The van der Waals surface area contributed by atoms with Crippen LogP contribution in [0.5, 0.6) is 11.5 Å². The minimum Gasteiger partial charge on any atom is -0.463 e. The van der Waals surface area contributed by atoms with Gasteiger partial charge in [0.25, 0.3) is 0 Å². The van der Waals surface area contributed by atoms with Crippen molar-refractivity contribution in [2.45, 2.75) is 11.3 Å². The fraction of sp³-hybridized carbons (Fsp3) is 0.0455. The Morgan fingerprint density at radius 3 is 2.28 bits per heavy atom. The first-order chi connectivity index (χ1) is 15.1. The van der Waals surface area contributed by atoms with E-state index in [9.17, 15) is 26.4 Å². The van der Waals surface area contributed by atoms with Crippen LogP contribution >= 0.6 is 0 Å². The first kappa shape index (κ1) is 21.4. The van der Waals surface area contributed by atoms with Crippen LogP contribution in [0.4, 0.5) is 13.2 Å². The number of halogens is 3. The highest BCUT2D eigenvalue weighted by Crippen LogP contribution is 2.32. The predicted molar refractivity (Wildman–Crippen MR) is 109 cm³/mol. The second kappa shape index (κ2) is 8.04. The molecule has 10 heteroatoms. The number of hydrogen-bond acceptors (Lipinski definition) is 6. The highest BCUT2D eigenvalue weighted by molar-refractivity contribution is 7.87. The van der Waals surface area contributed by atoms with Crippen LogP contribution in [0.2, 0.25) is 0 Å². The number of alkyl halides is 3.